The van der Waals surface area contributed by atoms with E-state index in [-0.39, 0.29) is 0 Å². The number of halogens is 1. The highest BCUT2D eigenvalue weighted by Gasteiger charge is 2.39. The fraction of sp³-hybridized carbons (Fsp3) is 0.125. The molecule has 5 heteroatoms. The van der Waals surface area contributed by atoms with Crippen molar-refractivity contribution in [2.45, 2.75) is 5.12 Å². The molecule has 1 aromatic rings. The van der Waals surface area contributed by atoms with Crippen molar-refractivity contribution < 1.29 is 4.79 Å². The highest BCUT2D eigenvalue weighted by atomic mass is 35.5. The first-order chi connectivity index (χ1) is 6.24. The molecule has 1 aliphatic rings. The minimum absolute atomic E-state index is 0.798. The van der Waals surface area contributed by atoms with Crippen molar-refractivity contribution >= 4 is 17.8 Å². The zero-order valence-corrected chi connectivity index (χ0v) is 7.31. The van der Waals surface area contributed by atoms with Gasteiger partial charge in [0.05, 0.1) is 5.56 Å². The zero-order valence-electron chi connectivity index (χ0n) is 6.55. The van der Waals surface area contributed by atoms with Crippen LogP contribution < -0.4 is 0 Å². The third-order valence-electron chi connectivity index (χ3n) is 1.76. The van der Waals surface area contributed by atoms with Crippen molar-refractivity contribution in [2.75, 3.05) is 0 Å². The molecule has 64 valence electrons. The van der Waals surface area contributed by atoms with E-state index >= 15 is 0 Å². The molecule has 1 aromatic carbocycles. The molecule has 0 atom stereocenters. The van der Waals surface area contributed by atoms with Crippen LogP contribution in [-0.2, 0) is 5.12 Å². The van der Waals surface area contributed by atoms with Crippen LogP contribution in [0.15, 0.2) is 34.5 Å². The number of hydrogen-bond acceptors (Lipinski definition) is 2. The summed E-state index contributed by atoms with van der Waals surface area (Å²) in [6.45, 7) is 0. The molecule has 0 bridgehead atoms. The Balaban J connectivity index is 2.28. The summed E-state index contributed by atoms with van der Waals surface area (Å²) in [6.07, 6.45) is 1.34. The van der Waals surface area contributed by atoms with Gasteiger partial charge in [-0.1, -0.05) is 23.7 Å². The first kappa shape index (κ1) is 8.10. The van der Waals surface area contributed by atoms with Gasteiger partial charge < -0.3 is 5.53 Å². The van der Waals surface area contributed by atoms with E-state index in [9.17, 15) is 0 Å². The molecule has 0 unspecified atom stereocenters. The lowest BCUT2D eigenvalue weighted by atomic mass is 10.1. The van der Waals surface area contributed by atoms with Crippen LogP contribution >= 0.6 is 11.6 Å². The Morgan fingerprint density at radius 2 is 1.92 bits per heavy atom. The Morgan fingerprint density at radius 1 is 1.31 bits per heavy atom. The monoisotopic (exact) mass is 192 g/mol. The van der Waals surface area contributed by atoms with E-state index in [0.717, 1.165) is 11.1 Å². The van der Waals surface area contributed by atoms with Gasteiger partial charge in [0.2, 0.25) is 0 Å². The molecule has 1 aliphatic heterocycles. The maximum absolute atomic E-state index is 8.27. The van der Waals surface area contributed by atoms with E-state index in [1.54, 1.807) is 24.3 Å². The molecule has 2 rings (SSSR count). The van der Waals surface area contributed by atoms with Crippen molar-refractivity contribution in [1.82, 2.24) is 0 Å². The topological polar surface area (TPSA) is 61.1 Å². The molecule has 0 aromatic heterocycles. The van der Waals surface area contributed by atoms with Gasteiger partial charge in [-0.25, -0.2) is 0 Å². The van der Waals surface area contributed by atoms with Crippen LogP contribution in [0.4, 0.5) is 0 Å². The maximum atomic E-state index is 8.27. The smallest absolute Gasteiger partial charge is 0.289 e. The highest BCUT2D eigenvalue weighted by molar-refractivity contribution is 6.24. The summed E-state index contributed by atoms with van der Waals surface area (Å²) in [5.74, 6) is 0. The molecule has 0 fully saturated rings. The Morgan fingerprint density at radius 3 is 2.38 bits per heavy atom. The standard InChI is InChI=1S/C8H5ClN4/c9-8(12-13-8)7-3-1-6(2-4-7)5-11-10/h1-5H. The predicted molar refractivity (Wildman–Crippen MR) is 47.6 cm³/mol. The van der Waals surface area contributed by atoms with E-state index in [1.807, 2.05) is 0 Å². The predicted octanol–water partition coefficient (Wildman–Crippen LogP) is 2.15. The van der Waals surface area contributed by atoms with Gasteiger partial charge in [0.1, 0.15) is 0 Å². The van der Waals surface area contributed by atoms with Gasteiger partial charge in [0.25, 0.3) is 11.3 Å². The number of nitrogens with zero attached hydrogens (tertiary/aromatic N) is 4. The van der Waals surface area contributed by atoms with Gasteiger partial charge in [0.15, 0.2) is 0 Å². The SMILES string of the molecule is [N-]=[N+]=Cc1ccc(C2(Cl)N=N2)cc1. The molecule has 0 saturated carbocycles. The summed E-state index contributed by atoms with van der Waals surface area (Å²) in [5, 5.41) is 6.52. The van der Waals surface area contributed by atoms with Crippen molar-refractivity contribution in [1.29, 1.82) is 0 Å². The van der Waals surface area contributed by atoms with E-state index in [0.29, 0.717) is 0 Å². The van der Waals surface area contributed by atoms with Crippen LogP contribution in [-0.4, -0.2) is 11.0 Å². The molecular formula is C8H5ClN4. The largest absolute Gasteiger partial charge is 0.361 e. The first-order valence-corrected chi connectivity index (χ1v) is 4.03. The average Bonchev–Trinajstić information content (AvgIpc) is 2.87. The fourth-order valence-corrected chi connectivity index (χ4v) is 1.17. The van der Waals surface area contributed by atoms with Gasteiger partial charge in [-0.15, -0.1) is 10.2 Å². The average molecular weight is 193 g/mol. The van der Waals surface area contributed by atoms with Crippen LogP contribution in [0, 0.1) is 0 Å². The van der Waals surface area contributed by atoms with Crippen LogP contribution in [0.2, 0.25) is 0 Å². The summed E-state index contributed by atoms with van der Waals surface area (Å²) in [5.41, 5.74) is 9.89. The summed E-state index contributed by atoms with van der Waals surface area (Å²) < 4.78 is 0. The maximum Gasteiger partial charge on any atom is 0.289 e. The van der Waals surface area contributed by atoms with Gasteiger partial charge >= 0.3 is 0 Å². The Kier molecular flexibility index (Phi) is 1.72. The lowest BCUT2D eigenvalue weighted by Gasteiger charge is -1.99. The van der Waals surface area contributed by atoms with E-state index in [4.69, 9.17) is 17.1 Å². The van der Waals surface area contributed by atoms with Gasteiger partial charge in [-0.3, -0.25) is 0 Å². The molecule has 0 radical (unpaired) electrons. The third-order valence-corrected chi connectivity index (χ3v) is 2.13. The van der Waals surface area contributed by atoms with Crippen molar-refractivity contribution in [3.63, 3.8) is 0 Å². The summed E-state index contributed by atoms with van der Waals surface area (Å²) in [7, 11) is 0. The lowest BCUT2D eigenvalue weighted by molar-refractivity contribution is 0.00456. The van der Waals surface area contributed by atoms with Gasteiger partial charge in [-0.05, 0) is 12.1 Å². The normalized spacial score (nSPS) is 16.4. The van der Waals surface area contributed by atoms with Crippen molar-refractivity contribution in [3.8, 4) is 0 Å². The Bertz CT molecular complexity index is 397. The summed E-state index contributed by atoms with van der Waals surface area (Å²) >= 11 is 5.88. The number of alkyl halides is 1. The van der Waals surface area contributed by atoms with Gasteiger partial charge in [-0.2, -0.15) is 4.79 Å². The zero-order chi connectivity index (χ0) is 9.31. The molecule has 0 saturated heterocycles. The molecule has 0 amide bonds. The summed E-state index contributed by atoms with van der Waals surface area (Å²) in [4.78, 5) is 2.91. The summed E-state index contributed by atoms with van der Waals surface area (Å²) in [6, 6.07) is 7.15. The molecule has 4 nitrogen and oxygen atoms in total. The molecule has 0 N–H and O–H groups in total. The number of hydrogen-bond donors (Lipinski definition) is 0. The number of benzene rings is 1. The van der Waals surface area contributed by atoms with Crippen LogP contribution in [0.5, 0.6) is 0 Å². The quantitative estimate of drug-likeness (QED) is 0.227. The molecular weight excluding hydrogens is 188 g/mol. The second-order valence-corrected chi connectivity index (χ2v) is 3.18. The van der Waals surface area contributed by atoms with Crippen LogP contribution in [0.1, 0.15) is 11.1 Å². The van der Waals surface area contributed by atoms with Crippen molar-refractivity contribution in [2.24, 2.45) is 10.2 Å². The van der Waals surface area contributed by atoms with Crippen LogP contribution in [0.3, 0.4) is 0 Å². The highest BCUT2D eigenvalue weighted by Crippen LogP contribution is 2.43. The first-order valence-electron chi connectivity index (χ1n) is 3.65. The third kappa shape index (κ3) is 1.49. The lowest BCUT2D eigenvalue weighted by Crippen LogP contribution is -1.97. The van der Waals surface area contributed by atoms with Gasteiger partial charge in [0, 0.05) is 5.56 Å². The minimum Gasteiger partial charge on any atom is -0.361 e. The van der Waals surface area contributed by atoms with Crippen LogP contribution in [0.25, 0.3) is 5.53 Å². The number of rotatable bonds is 2. The fourth-order valence-electron chi connectivity index (χ4n) is 1.01. The van der Waals surface area contributed by atoms with E-state index < -0.39 is 5.12 Å². The molecule has 1 heterocycles. The Labute approximate surface area is 79.5 Å². The second kappa shape index (κ2) is 2.76. The minimum atomic E-state index is -0.852. The molecule has 0 aliphatic carbocycles. The second-order valence-electron chi connectivity index (χ2n) is 2.65. The Hall–Kier alpha value is -1.51. The molecule has 13 heavy (non-hydrogen) atoms. The van der Waals surface area contributed by atoms with E-state index in [1.165, 1.54) is 6.21 Å². The van der Waals surface area contributed by atoms with Crippen molar-refractivity contribution in [3.05, 3.63) is 40.9 Å². The van der Waals surface area contributed by atoms with E-state index in [2.05, 4.69) is 15.0 Å². The molecule has 0 spiro atoms.